The Morgan fingerprint density at radius 2 is 2.08 bits per heavy atom. The molecule has 0 radical (unpaired) electrons. The lowest BCUT2D eigenvalue weighted by Gasteiger charge is -2.36. The van der Waals surface area contributed by atoms with Gasteiger partial charge in [0.2, 0.25) is 11.7 Å². The number of hydrogen-bond acceptors (Lipinski definition) is 7. The van der Waals surface area contributed by atoms with Crippen LogP contribution in [-0.4, -0.2) is 51.1 Å². The molecular formula is C18H20BrN5OS. The zero-order chi connectivity index (χ0) is 17.9. The van der Waals surface area contributed by atoms with Crippen molar-refractivity contribution >= 4 is 27.3 Å². The molecule has 0 bridgehead atoms. The van der Waals surface area contributed by atoms with Crippen LogP contribution < -0.4 is 0 Å². The minimum Gasteiger partial charge on any atom is -0.337 e. The van der Waals surface area contributed by atoms with Crippen LogP contribution in [-0.2, 0) is 6.54 Å². The number of hydrogen-bond donors (Lipinski definition) is 0. The number of pyridine rings is 1. The molecule has 4 rings (SSSR count). The van der Waals surface area contributed by atoms with Crippen LogP contribution in [0, 0.1) is 0 Å². The fourth-order valence-corrected chi connectivity index (χ4v) is 4.66. The monoisotopic (exact) mass is 433 g/mol. The Morgan fingerprint density at radius 1 is 1.23 bits per heavy atom. The topological polar surface area (TPSA) is 58.3 Å². The molecule has 26 heavy (non-hydrogen) atoms. The van der Waals surface area contributed by atoms with E-state index in [1.54, 1.807) is 12.4 Å². The molecule has 1 saturated heterocycles. The quantitative estimate of drug-likeness (QED) is 0.609. The molecule has 1 fully saturated rings. The highest BCUT2D eigenvalue weighted by molar-refractivity contribution is 9.11. The van der Waals surface area contributed by atoms with Crippen molar-refractivity contribution in [3.63, 3.8) is 0 Å². The van der Waals surface area contributed by atoms with E-state index in [0.717, 1.165) is 38.3 Å². The van der Waals surface area contributed by atoms with E-state index >= 15 is 0 Å². The van der Waals surface area contributed by atoms with Gasteiger partial charge in [-0.05, 0) is 47.1 Å². The van der Waals surface area contributed by atoms with Gasteiger partial charge in [-0.2, -0.15) is 4.98 Å². The van der Waals surface area contributed by atoms with Gasteiger partial charge >= 0.3 is 0 Å². The largest absolute Gasteiger partial charge is 0.337 e. The second-order valence-electron chi connectivity index (χ2n) is 6.39. The van der Waals surface area contributed by atoms with Crippen molar-refractivity contribution in [3.8, 4) is 11.4 Å². The van der Waals surface area contributed by atoms with Gasteiger partial charge in [-0.15, -0.1) is 11.3 Å². The van der Waals surface area contributed by atoms with Crippen LogP contribution in [0.25, 0.3) is 11.4 Å². The van der Waals surface area contributed by atoms with Crippen LogP contribution in [0.15, 0.2) is 45.0 Å². The average molecular weight is 434 g/mol. The molecule has 4 heterocycles. The van der Waals surface area contributed by atoms with E-state index in [1.807, 2.05) is 23.5 Å². The summed E-state index contributed by atoms with van der Waals surface area (Å²) < 4.78 is 6.71. The lowest BCUT2D eigenvalue weighted by Crippen LogP contribution is -2.46. The van der Waals surface area contributed by atoms with Crippen molar-refractivity contribution in [3.05, 3.63) is 51.2 Å². The fraction of sp³-hybridized carbons (Fsp3) is 0.389. The highest BCUT2D eigenvalue weighted by Crippen LogP contribution is 2.26. The first kappa shape index (κ1) is 17.8. The van der Waals surface area contributed by atoms with Crippen molar-refractivity contribution in [1.82, 2.24) is 24.9 Å². The van der Waals surface area contributed by atoms with Crippen molar-refractivity contribution in [2.75, 3.05) is 26.2 Å². The van der Waals surface area contributed by atoms with E-state index < -0.39 is 0 Å². The summed E-state index contributed by atoms with van der Waals surface area (Å²) in [4.78, 5) is 15.0. The number of thiophene rings is 1. The standard InChI is InChI=1S/C18H20BrN5OS/c1-13(18-21-17(22-25-18)14-3-2-6-20-11-14)24-9-7-23(8-10-24)12-15-4-5-16(19)26-15/h2-6,11,13H,7-10,12H2,1H3. The highest BCUT2D eigenvalue weighted by Gasteiger charge is 2.26. The van der Waals surface area contributed by atoms with Gasteiger partial charge < -0.3 is 4.52 Å². The van der Waals surface area contributed by atoms with Crippen LogP contribution in [0.1, 0.15) is 23.7 Å². The van der Waals surface area contributed by atoms with E-state index in [-0.39, 0.29) is 6.04 Å². The Hall–Kier alpha value is -1.61. The summed E-state index contributed by atoms with van der Waals surface area (Å²) in [5, 5.41) is 4.11. The summed E-state index contributed by atoms with van der Waals surface area (Å²) in [7, 11) is 0. The van der Waals surface area contributed by atoms with Crippen LogP contribution in [0.3, 0.4) is 0 Å². The minimum atomic E-state index is 0.117. The van der Waals surface area contributed by atoms with Crippen LogP contribution in [0.2, 0.25) is 0 Å². The molecule has 3 aromatic rings. The fourth-order valence-electron chi connectivity index (χ4n) is 3.14. The molecule has 1 aliphatic heterocycles. The number of rotatable bonds is 5. The molecule has 1 unspecified atom stereocenters. The van der Waals surface area contributed by atoms with Crippen molar-refractivity contribution in [2.24, 2.45) is 0 Å². The van der Waals surface area contributed by atoms with Crippen LogP contribution in [0.4, 0.5) is 0 Å². The first-order chi connectivity index (χ1) is 12.7. The molecule has 0 aliphatic carbocycles. The SMILES string of the molecule is CC(c1nc(-c2cccnc2)no1)N1CCN(Cc2ccc(Br)s2)CC1. The molecule has 1 atom stereocenters. The molecule has 136 valence electrons. The molecule has 0 amide bonds. The summed E-state index contributed by atoms with van der Waals surface area (Å²) in [6, 6.07) is 8.25. The van der Waals surface area contributed by atoms with E-state index in [2.05, 4.69) is 59.9 Å². The maximum atomic E-state index is 5.51. The second kappa shape index (κ2) is 7.96. The molecule has 8 heteroatoms. The Labute approximate surface area is 165 Å². The van der Waals surface area contributed by atoms with Gasteiger partial charge in [0, 0.05) is 55.6 Å². The smallest absolute Gasteiger partial charge is 0.244 e. The summed E-state index contributed by atoms with van der Waals surface area (Å²) in [6.45, 7) is 7.24. The molecule has 6 nitrogen and oxygen atoms in total. The maximum Gasteiger partial charge on any atom is 0.244 e. The van der Waals surface area contributed by atoms with Crippen molar-refractivity contribution in [1.29, 1.82) is 0 Å². The number of aromatic nitrogens is 3. The van der Waals surface area contributed by atoms with Gasteiger partial charge in [0.05, 0.1) is 9.83 Å². The van der Waals surface area contributed by atoms with Gasteiger partial charge in [0.15, 0.2) is 0 Å². The molecule has 0 spiro atoms. The zero-order valence-electron chi connectivity index (χ0n) is 14.5. The minimum absolute atomic E-state index is 0.117. The summed E-state index contributed by atoms with van der Waals surface area (Å²) in [5.41, 5.74) is 0.877. The van der Waals surface area contributed by atoms with Crippen molar-refractivity contribution < 1.29 is 4.52 Å². The summed E-state index contributed by atoms with van der Waals surface area (Å²) >= 11 is 5.34. The first-order valence-corrected chi connectivity index (χ1v) is 10.2. The predicted octanol–water partition coefficient (Wildman–Crippen LogP) is 3.83. The van der Waals surface area contributed by atoms with E-state index in [9.17, 15) is 0 Å². The maximum absolute atomic E-state index is 5.51. The Balaban J connectivity index is 1.35. The van der Waals surface area contributed by atoms with Gasteiger partial charge in [0.25, 0.3) is 0 Å². The average Bonchev–Trinajstić information content (AvgIpc) is 3.32. The van der Waals surface area contributed by atoms with Crippen LogP contribution in [0.5, 0.6) is 0 Å². The van der Waals surface area contributed by atoms with Crippen LogP contribution >= 0.6 is 27.3 Å². The van der Waals surface area contributed by atoms with E-state index in [1.165, 1.54) is 8.66 Å². The Morgan fingerprint density at radius 3 is 2.77 bits per heavy atom. The molecule has 0 saturated carbocycles. The Kier molecular flexibility index (Phi) is 5.44. The molecule has 0 N–H and O–H groups in total. The molecular weight excluding hydrogens is 414 g/mol. The van der Waals surface area contributed by atoms with Gasteiger partial charge in [-0.1, -0.05) is 5.16 Å². The lowest BCUT2D eigenvalue weighted by atomic mass is 10.2. The molecule has 3 aromatic heterocycles. The van der Waals surface area contributed by atoms with Crippen molar-refractivity contribution in [2.45, 2.75) is 19.5 Å². The van der Waals surface area contributed by atoms with E-state index in [0.29, 0.717) is 11.7 Å². The number of halogens is 1. The van der Waals surface area contributed by atoms with Gasteiger partial charge in [0.1, 0.15) is 0 Å². The summed E-state index contributed by atoms with van der Waals surface area (Å²) in [5.74, 6) is 1.27. The number of nitrogens with zero attached hydrogens (tertiary/aromatic N) is 5. The first-order valence-electron chi connectivity index (χ1n) is 8.63. The second-order valence-corrected chi connectivity index (χ2v) is 8.94. The third kappa shape index (κ3) is 4.03. The normalized spacial score (nSPS) is 17.5. The summed E-state index contributed by atoms with van der Waals surface area (Å²) in [6.07, 6.45) is 3.49. The third-order valence-corrected chi connectivity index (χ3v) is 6.29. The Bertz CT molecular complexity index is 844. The third-order valence-electron chi connectivity index (χ3n) is 4.68. The molecule has 0 aromatic carbocycles. The number of piperazine rings is 1. The van der Waals surface area contributed by atoms with Gasteiger partial charge in [-0.25, -0.2) is 0 Å². The lowest BCUT2D eigenvalue weighted by molar-refractivity contribution is 0.0851. The molecule has 1 aliphatic rings. The predicted molar refractivity (Wildman–Crippen MR) is 105 cm³/mol. The van der Waals surface area contributed by atoms with E-state index in [4.69, 9.17) is 4.52 Å². The van der Waals surface area contributed by atoms with Gasteiger partial charge in [-0.3, -0.25) is 14.8 Å². The zero-order valence-corrected chi connectivity index (χ0v) is 16.9. The highest BCUT2D eigenvalue weighted by atomic mass is 79.9.